The lowest BCUT2D eigenvalue weighted by atomic mass is 10.1. The third-order valence-corrected chi connectivity index (χ3v) is 4.82. The van der Waals surface area contributed by atoms with Gasteiger partial charge in [-0.05, 0) is 43.3 Å². The topological polar surface area (TPSA) is 93.7 Å². The molecule has 1 N–H and O–H groups in total. The van der Waals surface area contributed by atoms with Gasteiger partial charge in [-0.2, -0.15) is 0 Å². The molecule has 1 aliphatic rings. The van der Waals surface area contributed by atoms with Crippen molar-refractivity contribution < 1.29 is 19.1 Å². The molecule has 1 amide bonds. The van der Waals surface area contributed by atoms with Gasteiger partial charge >= 0.3 is 0 Å². The van der Waals surface area contributed by atoms with Gasteiger partial charge in [-0.1, -0.05) is 12.1 Å². The van der Waals surface area contributed by atoms with E-state index in [0.717, 1.165) is 13.1 Å². The van der Waals surface area contributed by atoms with Crippen LogP contribution in [0, 0.1) is 0 Å². The van der Waals surface area contributed by atoms with E-state index in [1.807, 2.05) is 0 Å². The highest BCUT2D eigenvalue weighted by Gasteiger charge is 2.18. The number of benzene rings is 2. The van der Waals surface area contributed by atoms with Crippen molar-refractivity contribution in [3.05, 3.63) is 72.1 Å². The Balaban J connectivity index is 1.45. The Kier molecular flexibility index (Phi) is 6.18. The van der Waals surface area contributed by atoms with Crippen LogP contribution >= 0.6 is 0 Å². The number of Topliss-reactive ketones (excluding diaryl/α,β-unsaturated/α-hetero) is 1. The molecule has 0 saturated carbocycles. The van der Waals surface area contributed by atoms with Crippen molar-refractivity contribution in [3.8, 4) is 11.6 Å². The van der Waals surface area contributed by atoms with E-state index in [-0.39, 0.29) is 11.7 Å². The first kappa shape index (κ1) is 20.5. The highest BCUT2D eigenvalue weighted by Crippen LogP contribution is 2.28. The van der Waals surface area contributed by atoms with Crippen LogP contribution < -0.4 is 15.0 Å². The summed E-state index contributed by atoms with van der Waals surface area (Å²) in [7, 11) is 0. The third kappa shape index (κ3) is 5.04. The van der Waals surface area contributed by atoms with E-state index in [1.165, 1.54) is 6.92 Å². The second-order valence-corrected chi connectivity index (χ2v) is 7.00. The molecule has 2 aromatic carbocycles. The fourth-order valence-electron chi connectivity index (χ4n) is 3.19. The van der Waals surface area contributed by atoms with Crippen molar-refractivity contribution in [2.75, 3.05) is 36.5 Å². The average molecular weight is 418 g/mol. The normalized spacial score (nSPS) is 13.5. The Morgan fingerprint density at radius 3 is 2.48 bits per heavy atom. The maximum Gasteiger partial charge on any atom is 0.263 e. The lowest BCUT2D eigenvalue weighted by Gasteiger charge is -2.28. The number of hydrogen-bond donors (Lipinski definition) is 1. The summed E-state index contributed by atoms with van der Waals surface area (Å²) in [4.78, 5) is 34.9. The lowest BCUT2D eigenvalue weighted by molar-refractivity contribution is 0.101. The summed E-state index contributed by atoms with van der Waals surface area (Å²) in [5.41, 5.74) is 1.57. The van der Waals surface area contributed by atoms with Crippen LogP contribution in [0.1, 0.15) is 27.6 Å². The number of ketones is 1. The van der Waals surface area contributed by atoms with Gasteiger partial charge in [0.25, 0.3) is 11.8 Å². The zero-order chi connectivity index (χ0) is 21.6. The number of anilines is 2. The zero-order valence-corrected chi connectivity index (χ0v) is 17.1. The largest absolute Gasteiger partial charge is 0.436 e. The smallest absolute Gasteiger partial charge is 0.263 e. The second kappa shape index (κ2) is 9.36. The van der Waals surface area contributed by atoms with Crippen LogP contribution in [0.3, 0.4) is 0 Å². The molecule has 1 aromatic heterocycles. The van der Waals surface area contributed by atoms with Crippen LogP contribution in [0.2, 0.25) is 0 Å². The highest BCUT2D eigenvalue weighted by atomic mass is 16.5. The molecule has 31 heavy (non-hydrogen) atoms. The Labute approximate surface area is 179 Å². The fourth-order valence-corrected chi connectivity index (χ4v) is 3.19. The summed E-state index contributed by atoms with van der Waals surface area (Å²) in [5, 5.41) is 2.80. The summed E-state index contributed by atoms with van der Waals surface area (Å²) in [5.74, 6) is 1.28. The molecule has 0 atom stereocenters. The summed E-state index contributed by atoms with van der Waals surface area (Å²) in [6, 6.07) is 13.6. The van der Waals surface area contributed by atoms with E-state index in [1.54, 1.807) is 60.9 Å². The van der Waals surface area contributed by atoms with Crippen LogP contribution in [0.4, 0.5) is 11.5 Å². The van der Waals surface area contributed by atoms with Crippen LogP contribution in [-0.2, 0) is 4.74 Å². The van der Waals surface area contributed by atoms with Crippen molar-refractivity contribution in [2.24, 2.45) is 0 Å². The molecule has 1 fully saturated rings. The molecule has 0 radical (unpaired) electrons. The van der Waals surface area contributed by atoms with Gasteiger partial charge in [0.1, 0.15) is 5.75 Å². The number of morpholine rings is 1. The van der Waals surface area contributed by atoms with Gasteiger partial charge in [-0.3, -0.25) is 9.59 Å². The van der Waals surface area contributed by atoms with Crippen molar-refractivity contribution in [1.29, 1.82) is 0 Å². The van der Waals surface area contributed by atoms with E-state index >= 15 is 0 Å². The molecule has 2 heterocycles. The summed E-state index contributed by atoms with van der Waals surface area (Å²) < 4.78 is 11.3. The minimum absolute atomic E-state index is 0.0574. The van der Waals surface area contributed by atoms with Gasteiger partial charge in [0, 0.05) is 42.3 Å². The highest BCUT2D eigenvalue weighted by molar-refractivity contribution is 6.05. The predicted molar refractivity (Wildman–Crippen MR) is 116 cm³/mol. The van der Waals surface area contributed by atoms with E-state index in [2.05, 4.69) is 20.2 Å². The van der Waals surface area contributed by atoms with E-state index in [4.69, 9.17) is 9.47 Å². The molecule has 0 unspecified atom stereocenters. The molecule has 8 heteroatoms. The molecular weight excluding hydrogens is 396 g/mol. The van der Waals surface area contributed by atoms with Gasteiger partial charge in [0.05, 0.1) is 13.2 Å². The van der Waals surface area contributed by atoms with Gasteiger partial charge in [-0.25, -0.2) is 9.97 Å². The Morgan fingerprint density at radius 1 is 1.00 bits per heavy atom. The standard InChI is InChI=1S/C23H22N4O4/c1-16(28)18-3-2-4-19(15-18)26-22(29)17-5-7-20(8-6-17)31-23-21(24-9-10-25-23)27-11-13-30-14-12-27/h2-10,15H,11-14H2,1H3,(H,26,29). The van der Waals surface area contributed by atoms with Gasteiger partial charge in [0.2, 0.25) is 0 Å². The van der Waals surface area contributed by atoms with Crippen LogP contribution in [-0.4, -0.2) is 48.0 Å². The Morgan fingerprint density at radius 2 is 1.74 bits per heavy atom. The van der Waals surface area contributed by atoms with Crippen molar-refractivity contribution in [1.82, 2.24) is 9.97 Å². The second-order valence-electron chi connectivity index (χ2n) is 7.00. The number of aromatic nitrogens is 2. The number of rotatable bonds is 6. The van der Waals surface area contributed by atoms with Gasteiger partial charge in [0.15, 0.2) is 11.6 Å². The number of hydrogen-bond acceptors (Lipinski definition) is 7. The minimum Gasteiger partial charge on any atom is -0.436 e. The molecule has 0 aliphatic carbocycles. The van der Waals surface area contributed by atoms with E-state index in [0.29, 0.717) is 47.5 Å². The van der Waals surface area contributed by atoms with Gasteiger partial charge < -0.3 is 19.7 Å². The maximum absolute atomic E-state index is 12.5. The molecule has 3 aromatic rings. The summed E-state index contributed by atoms with van der Waals surface area (Å²) in [6.45, 7) is 4.20. The first-order valence-corrected chi connectivity index (χ1v) is 9.94. The first-order valence-electron chi connectivity index (χ1n) is 9.94. The molecule has 1 saturated heterocycles. The van der Waals surface area contributed by atoms with Crippen LogP contribution in [0.25, 0.3) is 0 Å². The molecule has 0 spiro atoms. The maximum atomic E-state index is 12.5. The fraction of sp³-hybridized carbons (Fsp3) is 0.217. The van der Waals surface area contributed by atoms with Crippen LogP contribution in [0.15, 0.2) is 60.9 Å². The Hall–Kier alpha value is -3.78. The third-order valence-electron chi connectivity index (χ3n) is 4.82. The summed E-state index contributed by atoms with van der Waals surface area (Å²) >= 11 is 0. The number of amides is 1. The van der Waals surface area contributed by atoms with Crippen molar-refractivity contribution >= 4 is 23.2 Å². The van der Waals surface area contributed by atoms with E-state index in [9.17, 15) is 9.59 Å². The average Bonchev–Trinajstić information content (AvgIpc) is 2.80. The molecule has 4 rings (SSSR count). The monoisotopic (exact) mass is 418 g/mol. The van der Waals surface area contributed by atoms with E-state index < -0.39 is 0 Å². The first-order chi connectivity index (χ1) is 15.1. The number of carbonyl (C=O) groups is 2. The number of ether oxygens (including phenoxy) is 2. The quantitative estimate of drug-likeness (QED) is 0.612. The molecular formula is C23H22N4O4. The Bertz CT molecular complexity index is 1080. The lowest BCUT2D eigenvalue weighted by Crippen LogP contribution is -2.37. The van der Waals surface area contributed by atoms with Crippen LogP contribution in [0.5, 0.6) is 11.6 Å². The molecule has 158 valence electrons. The number of nitrogens with one attached hydrogen (secondary N) is 1. The van der Waals surface area contributed by atoms with Crippen molar-refractivity contribution in [3.63, 3.8) is 0 Å². The minimum atomic E-state index is -0.277. The molecule has 1 aliphatic heterocycles. The summed E-state index contributed by atoms with van der Waals surface area (Å²) in [6.07, 6.45) is 3.21. The molecule has 8 nitrogen and oxygen atoms in total. The van der Waals surface area contributed by atoms with Crippen molar-refractivity contribution in [2.45, 2.75) is 6.92 Å². The predicted octanol–water partition coefficient (Wildman–Crippen LogP) is 3.56. The number of nitrogens with zero attached hydrogens (tertiary/aromatic N) is 3. The zero-order valence-electron chi connectivity index (χ0n) is 17.1. The SMILES string of the molecule is CC(=O)c1cccc(NC(=O)c2ccc(Oc3nccnc3N3CCOCC3)cc2)c1. The molecule has 0 bridgehead atoms. The number of carbonyl (C=O) groups excluding carboxylic acids is 2. The van der Waals surface area contributed by atoms with Gasteiger partial charge in [-0.15, -0.1) is 0 Å².